The summed E-state index contributed by atoms with van der Waals surface area (Å²) < 4.78 is 7.46. The summed E-state index contributed by atoms with van der Waals surface area (Å²) in [6, 6.07) is 14.8. The number of benzene rings is 2. The third-order valence-electron chi connectivity index (χ3n) is 5.17. The maximum atomic E-state index is 12.9. The van der Waals surface area contributed by atoms with Crippen LogP contribution in [0.25, 0.3) is 22.4 Å². The van der Waals surface area contributed by atoms with Crippen molar-refractivity contribution in [3.8, 4) is 11.4 Å². The van der Waals surface area contributed by atoms with E-state index in [1.54, 1.807) is 0 Å². The molecular weight excluding hydrogens is 474 g/mol. The molecule has 178 valence electrons. The standard InChI is InChI=1S/C23H19N5O6S/c1-26-20-18(22(30)27(2)23(26)31)21(35-13-17(29)34-12-14-6-4-3-5-7-14)25-19(24-20)15-8-10-16(11-9-15)28(32)33/h3-11H,12-13H2,1-2H3. The molecular formula is C23H19N5O6S. The van der Waals surface area contributed by atoms with Gasteiger partial charge in [0.1, 0.15) is 17.0 Å². The summed E-state index contributed by atoms with van der Waals surface area (Å²) in [6.07, 6.45) is 0. The van der Waals surface area contributed by atoms with Crippen molar-refractivity contribution in [2.24, 2.45) is 14.1 Å². The number of hydrogen-bond acceptors (Lipinski definition) is 9. The van der Waals surface area contributed by atoms with Gasteiger partial charge in [-0.1, -0.05) is 42.1 Å². The van der Waals surface area contributed by atoms with Crippen LogP contribution < -0.4 is 11.2 Å². The minimum atomic E-state index is -0.599. The Hall–Kier alpha value is -4.32. The lowest BCUT2D eigenvalue weighted by Gasteiger charge is -2.12. The highest BCUT2D eigenvalue weighted by Gasteiger charge is 2.20. The number of ether oxygens (including phenoxy) is 1. The molecule has 0 bridgehead atoms. The first-order valence-electron chi connectivity index (χ1n) is 10.3. The molecule has 2 heterocycles. The molecule has 2 aromatic heterocycles. The second-order valence-corrected chi connectivity index (χ2v) is 8.46. The van der Waals surface area contributed by atoms with Crippen LogP contribution in [0.15, 0.2) is 69.2 Å². The number of carbonyl (C=O) groups excluding carboxylic acids is 1. The zero-order valence-electron chi connectivity index (χ0n) is 18.7. The van der Waals surface area contributed by atoms with Crippen molar-refractivity contribution in [2.45, 2.75) is 11.6 Å². The second-order valence-electron chi connectivity index (χ2n) is 7.50. The molecule has 0 saturated heterocycles. The van der Waals surface area contributed by atoms with Gasteiger partial charge in [0.05, 0.1) is 10.7 Å². The molecule has 0 aliphatic heterocycles. The van der Waals surface area contributed by atoms with Crippen LogP contribution in [0.1, 0.15) is 5.56 Å². The van der Waals surface area contributed by atoms with E-state index in [1.807, 2.05) is 30.3 Å². The van der Waals surface area contributed by atoms with Gasteiger partial charge in [-0.05, 0) is 17.7 Å². The maximum absolute atomic E-state index is 12.9. The van der Waals surface area contributed by atoms with Gasteiger partial charge in [0.2, 0.25) is 0 Å². The summed E-state index contributed by atoms with van der Waals surface area (Å²) in [5.74, 6) is -0.495. The van der Waals surface area contributed by atoms with Crippen LogP contribution >= 0.6 is 11.8 Å². The van der Waals surface area contributed by atoms with Gasteiger partial charge in [0.25, 0.3) is 11.2 Å². The molecule has 0 radical (unpaired) electrons. The number of nitro groups is 1. The summed E-state index contributed by atoms with van der Waals surface area (Å²) >= 11 is 0.985. The summed E-state index contributed by atoms with van der Waals surface area (Å²) in [7, 11) is 2.82. The fourth-order valence-corrected chi connectivity index (χ4v) is 4.11. The van der Waals surface area contributed by atoms with E-state index in [4.69, 9.17) is 4.74 Å². The number of hydrogen-bond donors (Lipinski definition) is 0. The van der Waals surface area contributed by atoms with Gasteiger partial charge in [0.15, 0.2) is 11.5 Å². The number of nitrogens with zero attached hydrogens (tertiary/aromatic N) is 5. The molecule has 4 aromatic rings. The lowest BCUT2D eigenvalue weighted by molar-refractivity contribution is -0.384. The Kier molecular flexibility index (Phi) is 6.73. The molecule has 12 heteroatoms. The molecule has 0 spiro atoms. The molecule has 11 nitrogen and oxygen atoms in total. The molecule has 35 heavy (non-hydrogen) atoms. The minimum absolute atomic E-state index is 0.0844. The van der Waals surface area contributed by atoms with Crippen molar-refractivity contribution >= 4 is 34.5 Å². The van der Waals surface area contributed by atoms with Crippen LogP contribution in [0.3, 0.4) is 0 Å². The number of aromatic nitrogens is 4. The third-order valence-corrected chi connectivity index (χ3v) is 6.12. The predicted octanol–water partition coefficient (Wildman–Crippen LogP) is 2.44. The molecule has 0 amide bonds. The normalized spacial score (nSPS) is 10.9. The summed E-state index contributed by atoms with van der Waals surface area (Å²) in [4.78, 5) is 57.0. The number of thioether (sulfide) groups is 1. The van der Waals surface area contributed by atoms with Crippen LogP contribution in [0.4, 0.5) is 5.69 Å². The Labute approximate surface area is 202 Å². The van der Waals surface area contributed by atoms with Crippen molar-refractivity contribution < 1.29 is 14.5 Å². The molecule has 0 aliphatic rings. The summed E-state index contributed by atoms with van der Waals surface area (Å²) in [5, 5.41) is 11.2. The quantitative estimate of drug-likeness (QED) is 0.125. The smallest absolute Gasteiger partial charge is 0.332 e. The Morgan fingerprint density at radius 3 is 2.37 bits per heavy atom. The van der Waals surface area contributed by atoms with E-state index in [0.717, 1.165) is 21.9 Å². The van der Waals surface area contributed by atoms with Gasteiger partial charge in [-0.15, -0.1) is 0 Å². The van der Waals surface area contributed by atoms with Crippen molar-refractivity contribution in [3.05, 3.63) is 91.1 Å². The van der Waals surface area contributed by atoms with Gasteiger partial charge >= 0.3 is 11.7 Å². The first kappa shape index (κ1) is 23.8. The molecule has 0 saturated carbocycles. The number of non-ortho nitro benzene ring substituents is 1. The van der Waals surface area contributed by atoms with Crippen molar-refractivity contribution in [2.75, 3.05) is 5.75 Å². The van der Waals surface area contributed by atoms with Crippen LogP contribution in [-0.2, 0) is 30.2 Å². The molecule has 0 fully saturated rings. The fourth-order valence-electron chi connectivity index (χ4n) is 3.30. The fraction of sp³-hybridized carbons (Fsp3) is 0.174. The second kappa shape index (κ2) is 9.89. The van der Waals surface area contributed by atoms with Gasteiger partial charge in [0, 0.05) is 31.8 Å². The molecule has 0 atom stereocenters. The lowest BCUT2D eigenvalue weighted by Crippen LogP contribution is -2.37. The van der Waals surface area contributed by atoms with Gasteiger partial charge < -0.3 is 4.74 Å². The Balaban J connectivity index is 1.71. The van der Waals surface area contributed by atoms with Crippen LogP contribution in [-0.4, -0.2) is 35.7 Å². The third kappa shape index (κ3) is 4.96. The highest BCUT2D eigenvalue weighted by molar-refractivity contribution is 8.00. The number of aryl methyl sites for hydroxylation is 1. The maximum Gasteiger partial charge on any atom is 0.332 e. The lowest BCUT2D eigenvalue weighted by atomic mass is 10.2. The van der Waals surface area contributed by atoms with E-state index in [2.05, 4.69) is 9.97 Å². The molecule has 0 aliphatic carbocycles. The average Bonchev–Trinajstić information content (AvgIpc) is 2.88. The average molecular weight is 494 g/mol. The van der Waals surface area contributed by atoms with Crippen LogP contribution in [0, 0.1) is 10.1 Å². The Bertz CT molecular complexity index is 1550. The van der Waals surface area contributed by atoms with E-state index in [-0.39, 0.29) is 39.9 Å². The number of esters is 1. The zero-order valence-corrected chi connectivity index (χ0v) is 19.5. The van der Waals surface area contributed by atoms with Gasteiger partial charge in [-0.2, -0.15) is 0 Å². The van der Waals surface area contributed by atoms with E-state index in [9.17, 15) is 24.5 Å². The first-order valence-corrected chi connectivity index (χ1v) is 11.3. The van der Waals surface area contributed by atoms with Gasteiger partial charge in [-0.3, -0.25) is 28.8 Å². The molecule has 2 aromatic carbocycles. The topological polar surface area (TPSA) is 139 Å². The predicted molar refractivity (Wildman–Crippen MR) is 129 cm³/mol. The van der Waals surface area contributed by atoms with E-state index in [0.29, 0.717) is 5.56 Å². The number of nitro benzene ring substituents is 1. The van der Waals surface area contributed by atoms with Crippen molar-refractivity contribution in [3.63, 3.8) is 0 Å². The zero-order chi connectivity index (χ0) is 25.1. The molecule has 0 N–H and O–H groups in total. The van der Waals surface area contributed by atoms with Crippen LogP contribution in [0.2, 0.25) is 0 Å². The SMILES string of the molecule is Cn1c(=O)c2c(SCC(=O)OCc3ccccc3)nc(-c3ccc([N+](=O)[O-])cc3)nc2n(C)c1=O. The molecule has 0 unspecified atom stereocenters. The largest absolute Gasteiger partial charge is 0.460 e. The Morgan fingerprint density at radius 2 is 1.71 bits per heavy atom. The molecule has 4 rings (SSSR count). The number of rotatable bonds is 7. The first-order chi connectivity index (χ1) is 16.8. The van der Waals surface area contributed by atoms with Crippen molar-refractivity contribution in [1.29, 1.82) is 0 Å². The van der Waals surface area contributed by atoms with E-state index < -0.39 is 22.1 Å². The highest BCUT2D eigenvalue weighted by atomic mass is 32.2. The minimum Gasteiger partial charge on any atom is -0.460 e. The van der Waals surface area contributed by atoms with Crippen molar-refractivity contribution in [1.82, 2.24) is 19.1 Å². The summed E-state index contributed by atoms with van der Waals surface area (Å²) in [6.45, 7) is 0.106. The highest BCUT2D eigenvalue weighted by Crippen LogP contribution is 2.27. The van der Waals surface area contributed by atoms with E-state index in [1.165, 1.54) is 42.9 Å². The monoisotopic (exact) mass is 493 g/mol. The summed E-state index contributed by atoms with van der Waals surface area (Å²) in [5.41, 5.74) is 0.0857. The Morgan fingerprint density at radius 1 is 1.03 bits per heavy atom. The number of fused-ring (bicyclic) bond motifs is 1. The number of carbonyl (C=O) groups is 1. The van der Waals surface area contributed by atoms with E-state index >= 15 is 0 Å². The van der Waals surface area contributed by atoms with Crippen LogP contribution in [0.5, 0.6) is 0 Å². The van der Waals surface area contributed by atoms with Gasteiger partial charge in [-0.25, -0.2) is 14.8 Å².